The molecule has 100 valence electrons. The highest BCUT2D eigenvalue weighted by Gasteiger charge is 2.01. The third-order valence-corrected chi connectivity index (χ3v) is 3.28. The molecule has 0 spiro atoms. The van der Waals surface area contributed by atoms with Gasteiger partial charge in [-0.3, -0.25) is 0 Å². The number of hydrogen-bond acceptors (Lipinski definition) is 1. The standard InChI is InChI=1S/C16H17ClFN/c1-2-3-12-4-7-14(8-5-12)19-11-13-6-9-15(17)16(18)10-13/h4-10,19H,2-3,11H2,1H3. The van der Waals surface area contributed by atoms with Crippen molar-refractivity contribution in [2.75, 3.05) is 5.32 Å². The molecule has 0 radical (unpaired) electrons. The first-order valence-electron chi connectivity index (χ1n) is 6.46. The monoisotopic (exact) mass is 277 g/mol. The molecule has 0 saturated carbocycles. The molecule has 1 nitrogen and oxygen atoms in total. The van der Waals surface area contributed by atoms with Gasteiger partial charge in [0.25, 0.3) is 0 Å². The van der Waals surface area contributed by atoms with Crippen LogP contribution in [0.4, 0.5) is 10.1 Å². The van der Waals surface area contributed by atoms with Crippen LogP contribution in [-0.4, -0.2) is 0 Å². The molecule has 0 atom stereocenters. The van der Waals surface area contributed by atoms with Crippen molar-refractivity contribution in [3.8, 4) is 0 Å². The Labute approximate surface area is 118 Å². The van der Waals surface area contributed by atoms with E-state index in [0.717, 1.165) is 24.1 Å². The van der Waals surface area contributed by atoms with Crippen molar-refractivity contribution in [2.45, 2.75) is 26.3 Å². The predicted octanol–water partition coefficient (Wildman–Crippen LogP) is 5.04. The van der Waals surface area contributed by atoms with Crippen LogP contribution in [0.3, 0.4) is 0 Å². The van der Waals surface area contributed by atoms with Gasteiger partial charge < -0.3 is 5.32 Å². The summed E-state index contributed by atoms with van der Waals surface area (Å²) in [4.78, 5) is 0. The molecule has 2 aromatic carbocycles. The van der Waals surface area contributed by atoms with Crippen LogP contribution in [-0.2, 0) is 13.0 Å². The Morgan fingerprint density at radius 3 is 2.37 bits per heavy atom. The number of hydrogen-bond donors (Lipinski definition) is 1. The Kier molecular flexibility index (Phi) is 4.80. The molecule has 2 rings (SSSR count). The number of aryl methyl sites for hydroxylation is 1. The van der Waals surface area contributed by atoms with Gasteiger partial charge in [0, 0.05) is 12.2 Å². The lowest BCUT2D eigenvalue weighted by Crippen LogP contribution is -2.00. The van der Waals surface area contributed by atoms with Gasteiger partial charge in [-0.15, -0.1) is 0 Å². The van der Waals surface area contributed by atoms with E-state index in [2.05, 4.69) is 36.5 Å². The second-order valence-corrected chi connectivity index (χ2v) is 4.96. The van der Waals surface area contributed by atoms with Gasteiger partial charge in [0.2, 0.25) is 0 Å². The van der Waals surface area contributed by atoms with Gasteiger partial charge in [-0.1, -0.05) is 43.1 Å². The van der Waals surface area contributed by atoms with Crippen LogP contribution in [0.25, 0.3) is 0 Å². The third kappa shape index (κ3) is 3.97. The quantitative estimate of drug-likeness (QED) is 0.807. The predicted molar refractivity (Wildman–Crippen MR) is 79.2 cm³/mol. The topological polar surface area (TPSA) is 12.0 Å². The lowest BCUT2D eigenvalue weighted by molar-refractivity contribution is 0.626. The maximum Gasteiger partial charge on any atom is 0.142 e. The number of halogens is 2. The van der Waals surface area contributed by atoms with Crippen LogP contribution in [0.1, 0.15) is 24.5 Å². The summed E-state index contributed by atoms with van der Waals surface area (Å²) in [5, 5.41) is 3.43. The van der Waals surface area contributed by atoms with Crippen molar-refractivity contribution >= 4 is 17.3 Å². The SMILES string of the molecule is CCCc1ccc(NCc2ccc(Cl)c(F)c2)cc1. The fraction of sp³-hybridized carbons (Fsp3) is 0.250. The van der Waals surface area contributed by atoms with E-state index in [0.29, 0.717) is 6.54 Å². The fourth-order valence-corrected chi connectivity index (χ4v) is 2.05. The molecule has 19 heavy (non-hydrogen) atoms. The zero-order chi connectivity index (χ0) is 13.7. The second-order valence-electron chi connectivity index (χ2n) is 4.55. The van der Waals surface area contributed by atoms with Crippen LogP contribution in [0.15, 0.2) is 42.5 Å². The molecule has 0 bridgehead atoms. The Hall–Kier alpha value is -1.54. The molecule has 0 amide bonds. The molecule has 0 aliphatic heterocycles. The van der Waals surface area contributed by atoms with E-state index in [-0.39, 0.29) is 10.8 Å². The van der Waals surface area contributed by atoms with Crippen molar-refractivity contribution in [1.82, 2.24) is 0 Å². The number of nitrogens with one attached hydrogen (secondary N) is 1. The van der Waals surface area contributed by atoms with Gasteiger partial charge in [0.15, 0.2) is 0 Å². The average Bonchev–Trinajstić information content (AvgIpc) is 2.42. The molecule has 3 heteroatoms. The summed E-state index contributed by atoms with van der Waals surface area (Å²) in [6.07, 6.45) is 2.25. The smallest absolute Gasteiger partial charge is 0.142 e. The minimum absolute atomic E-state index is 0.160. The molecule has 0 fully saturated rings. The first kappa shape index (κ1) is 13.9. The van der Waals surface area contributed by atoms with Gasteiger partial charge in [-0.2, -0.15) is 0 Å². The van der Waals surface area contributed by atoms with Crippen LogP contribution in [0.2, 0.25) is 5.02 Å². The summed E-state index contributed by atoms with van der Waals surface area (Å²) in [5.74, 6) is -0.376. The Bertz CT molecular complexity index is 537. The number of anilines is 1. The largest absolute Gasteiger partial charge is 0.381 e. The summed E-state index contributed by atoms with van der Waals surface area (Å²) < 4.78 is 13.3. The van der Waals surface area contributed by atoms with E-state index in [1.807, 2.05) is 6.07 Å². The highest BCUT2D eigenvalue weighted by atomic mass is 35.5. The number of rotatable bonds is 5. The highest BCUT2D eigenvalue weighted by Crippen LogP contribution is 2.17. The molecule has 1 N–H and O–H groups in total. The van der Waals surface area contributed by atoms with Gasteiger partial charge in [0.05, 0.1) is 5.02 Å². The van der Waals surface area contributed by atoms with Crippen molar-refractivity contribution in [3.05, 3.63) is 64.4 Å². The normalized spacial score (nSPS) is 10.5. The van der Waals surface area contributed by atoms with Crippen molar-refractivity contribution < 1.29 is 4.39 Å². The number of benzene rings is 2. The first-order valence-corrected chi connectivity index (χ1v) is 6.83. The van der Waals surface area contributed by atoms with E-state index < -0.39 is 0 Å². The van der Waals surface area contributed by atoms with E-state index in [1.165, 1.54) is 11.6 Å². The molecule has 0 heterocycles. The van der Waals surface area contributed by atoms with E-state index in [4.69, 9.17) is 11.6 Å². The lowest BCUT2D eigenvalue weighted by Gasteiger charge is -2.08. The zero-order valence-corrected chi connectivity index (χ0v) is 11.7. The maximum absolute atomic E-state index is 13.3. The summed E-state index contributed by atoms with van der Waals surface area (Å²) in [7, 11) is 0. The maximum atomic E-state index is 13.3. The van der Waals surface area contributed by atoms with E-state index >= 15 is 0 Å². The minimum atomic E-state index is -0.376. The summed E-state index contributed by atoms with van der Waals surface area (Å²) in [6.45, 7) is 2.75. The molecular weight excluding hydrogens is 261 g/mol. The molecule has 0 aliphatic rings. The molecule has 0 unspecified atom stereocenters. The molecular formula is C16H17ClFN. The summed E-state index contributed by atoms with van der Waals surface area (Å²) in [5.41, 5.74) is 3.25. The Morgan fingerprint density at radius 2 is 1.74 bits per heavy atom. The van der Waals surface area contributed by atoms with Gasteiger partial charge >= 0.3 is 0 Å². The average molecular weight is 278 g/mol. The molecule has 0 aliphatic carbocycles. The minimum Gasteiger partial charge on any atom is -0.381 e. The van der Waals surface area contributed by atoms with Crippen molar-refractivity contribution in [2.24, 2.45) is 0 Å². The molecule has 0 saturated heterocycles. The third-order valence-electron chi connectivity index (χ3n) is 2.97. The Morgan fingerprint density at radius 1 is 1.05 bits per heavy atom. The van der Waals surface area contributed by atoms with E-state index in [9.17, 15) is 4.39 Å². The van der Waals surface area contributed by atoms with Gasteiger partial charge in [-0.05, 0) is 41.8 Å². The van der Waals surface area contributed by atoms with Crippen LogP contribution in [0, 0.1) is 5.82 Å². The first-order chi connectivity index (χ1) is 9.19. The van der Waals surface area contributed by atoms with Crippen LogP contribution >= 0.6 is 11.6 Å². The van der Waals surface area contributed by atoms with Gasteiger partial charge in [0.1, 0.15) is 5.82 Å². The molecule has 2 aromatic rings. The Balaban J connectivity index is 1.96. The zero-order valence-electron chi connectivity index (χ0n) is 10.9. The second kappa shape index (κ2) is 6.58. The molecule has 0 aromatic heterocycles. The fourth-order valence-electron chi connectivity index (χ4n) is 1.93. The van der Waals surface area contributed by atoms with E-state index in [1.54, 1.807) is 6.07 Å². The van der Waals surface area contributed by atoms with Crippen molar-refractivity contribution in [1.29, 1.82) is 0 Å². The van der Waals surface area contributed by atoms with Crippen LogP contribution in [0.5, 0.6) is 0 Å². The summed E-state index contributed by atoms with van der Waals surface area (Å²) >= 11 is 5.65. The van der Waals surface area contributed by atoms with Crippen molar-refractivity contribution in [3.63, 3.8) is 0 Å². The summed E-state index contributed by atoms with van der Waals surface area (Å²) in [6, 6.07) is 13.2. The van der Waals surface area contributed by atoms with Gasteiger partial charge in [-0.25, -0.2) is 4.39 Å². The lowest BCUT2D eigenvalue weighted by atomic mass is 10.1. The van der Waals surface area contributed by atoms with Crippen LogP contribution < -0.4 is 5.32 Å². The highest BCUT2D eigenvalue weighted by molar-refractivity contribution is 6.30.